The monoisotopic (exact) mass is 219 g/mol. The van der Waals surface area contributed by atoms with Gasteiger partial charge >= 0.3 is 0 Å². The molecular weight excluding hydrogens is 217 g/mol. The van der Waals surface area contributed by atoms with Crippen molar-refractivity contribution in [3.8, 4) is 0 Å². The molecule has 0 amide bonds. The van der Waals surface area contributed by atoms with Crippen LogP contribution in [0.1, 0.15) is 0 Å². The molecule has 0 unspecified atom stereocenters. The minimum Gasteiger partial charge on any atom is -0.147 e. The molecule has 0 aliphatic rings. The van der Waals surface area contributed by atoms with Crippen LogP contribution in [0.5, 0.6) is 0 Å². The molecule has 0 nitrogen and oxygen atoms in total. The molecule has 0 spiro atoms. The van der Waals surface area contributed by atoms with Crippen molar-refractivity contribution in [1.82, 2.24) is 0 Å². The van der Waals surface area contributed by atoms with E-state index in [1.165, 1.54) is 0 Å². The summed E-state index contributed by atoms with van der Waals surface area (Å²) >= 11 is 0. The maximum Gasteiger partial charge on any atom is 0 e. The molecule has 0 saturated heterocycles. The first-order valence-corrected chi connectivity index (χ1v) is 0. The molecule has 5 heavy (non-hydrogen) atoms. The Bertz CT molecular complexity index is 3.61. The molecule has 0 saturated carbocycles. The van der Waals surface area contributed by atoms with Crippen molar-refractivity contribution >= 4 is 67.6 Å². The van der Waals surface area contributed by atoms with Crippen LogP contribution in [0.15, 0.2) is 0 Å². The Hall–Kier alpha value is 1.72. The van der Waals surface area contributed by atoms with Crippen LogP contribution in [0.2, 0.25) is 0 Å². The number of hydrogen-bond acceptors (Lipinski definition) is 0. The molecule has 3 radical (unpaired) electrons. The molecule has 37 valence electrons. The summed E-state index contributed by atoms with van der Waals surface area (Å²) in [6.45, 7) is 0. The number of halogens is 4. The van der Waals surface area contributed by atoms with Crippen LogP contribution in [0.25, 0.3) is 0 Å². The van der Waals surface area contributed by atoms with Crippen molar-refractivity contribution in [1.29, 1.82) is 0 Å². The van der Waals surface area contributed by atoms with Crippen LogP contribution in [0, 0.1) is 0 Å². The molecule has 0 atom stereocenters. The maximum atomic E-state index is 0. The summed E-state index contributed by atoms with van der Waals surface area (Å²) in [4.78, 5) is 0. The summed E-state index contributed by atoms with van der Waals surface area (Å²) < 4.78 is 0. The third-order valence-corrected chi connectivity index (χ3v) is 0. The van der Waals surface area contributed by atoms with E-state index >= 15 is 0 Å². The summed E-state index contributed by atoms with van der Waals surface area (Å²) in [5.74, 6) is 0. The molecule has 0 aromatic heterocycles. The molecule has 0 rings (SSSR count). The van der Waals surface area contributed by atoms with E-state index in [0.29, 0.717) is 0 Å². The Morgan fingerprint density at radius 3 is 0.400 bits per heavy atom. The van der Waals surface area contributed by atoms with E-state index in [9.17, 15) is 0 Å². The Kier molecular flexibility index (Phi) is 641. The fraction of sp³-hybridized carbons (Fsp3) is 0. The quantitative estimate of drug-likeness (QED) is 0.540. The van der Waals surface area contributed by atoms with E-state index in [4.69, 9.17) is 0 Å². The maximum absolute atomic E-state index is 0. The third-order valence-electron chi connectivity index (χ3n) is 0. The smallest absolute Gasteiger partial charge is 0 e. The third kappa shape index (κ3) is 26.8. The van der Waals surface area contributed by atoms with Gasteiger partial charge in [0, 0.05) is 18.0 Å². The molecule has 0 fully saturated rings. The van der Waals surface area contributed by atoms with Gasteiger partial charge < -0.3 is 0 Å². The van der Waals surface area contributed by atoms with Gasteiger partial charge in [0.15, 0.2) is 0 Å². The first-order valence-electron chi connectivity index (χ1n) is 0. The van der Waals surface area contributed by atoms with Crippen molar-refractivity contribution in [2.45, 2.75) is 0 Å². The Morgan fingerprint density at radius 2 is 0.400 bits per heavy atom. The zero-order valence-corrected chi connectivity index (χ0v) is 7.22. The zero-order chi connectivity index (χ0) is 0. The predicted molar refractivity (Wildman–Crippen MR) is 34.7 cm³/mol. The molecular formula is H4AsCl4. The van der Waals surface area contributed by atoms with E-state index < -0.39 is 0 Å². The number of rotatable bonds is 0. The Morgan fingerprint density at radius 1 is 0.400 bits per heavy atom. The summed E-state index contributed by atoms with van der Waals surface area (Å²) in [5, 5.41) is 0. The van der Waals surface area contributed by atoms with E-state index in [1.54, 1.807) is 0 Å². The van der Waals surface area contributed by atoms with Gasteiger partial charge in [0.25, 0.3) is 0 Å². The van der Waals surface area contributed by atoms with Crippen LogP contribution in [-0.4, -0.2) is 18.0 Å². The van der Waals surface area contributed by atoms with Gasteiger partial charge in [0.2, 0.25) is 0 Å². The van der Waals surface area contributed by atoms with E-state index in [1.807, 2.05) is 0 Å². The van der Waals surface area contributed by atoms with Crippen LogP contribution in [0.4, 0.5) is 0 Å². The van der Waals surface area contributed by atoms with Gasteiger partial charge in [-0.2, -0.15) is 0 Å². The summed E-state index contributed by atoms with van der Waals surface area (Å²) in [7, 11) is 0. The topological polar surface area (TPSA) is 0 Å². The molecule has 0 N–H and O–H groups in total. The van der Waals surface area contributed by atoms with Crippen molar-refractivity contribution < 1.29 is 0 Å². The second-order valence-corrected chi connectivity index (χ2v) is 0. The minimum atomic E-state index is 0. The average Bonchev–Trinajstić information content (AvgIpc) is 0. The van der Waals surface area contributed by atoms with Crippen LogP contribution < -0.4 is 0 Å². The average molecular weight is 221 g/mol. The molecule has 0 aliphatic heterocycles. The fourth-order valence-corrected chi connectivity index (χ4v) is 0. The summed E-state index contributed by atoms with van der Waals surface area (Å²) in [6.07, 6.45) is 0. The van der Waals surface area contributed by atoms with Crippen molar-refractivity contribution in [3.63, 3.8) is 0 Å². The Balaban J connectivity index is 0. The second kappa shape index (κ2) is 43.1. The fourth-order valence-electron chi connectivity index (χ4n) is 0. The van der Waals surface area contributed by atoms with E-state index in [-0.39, 0.29) is 67.6 Å². The van der Waals surface area contributed by atoms with E-state index in [0.717, 1.165) is 0 Å². The molecule has 0 heterocycles. The van der Waals surface area contributed by atoms with Gasteiger partial charge in [-0.3, -0.25) is 0 Å². The van der Waals surface area contributed by atoms with Gasteiger partial charge in [-0.15, -0.1) is 49.6 Å². The predicted octanol–water partition coefficient (Wildman–Crippen LogP) is 1.31. The summed E-state index contributed by atoms with van der Waals surface area (Å²) in [6, 6.07) is 0. The van der Waals surface area contributed by atoms with Crippen molar-refractivity contribution in [2.24, 2.45) is 0 Å². The molecule has 0 aliphatic carbocycles. The standard InChI is InChI=1S/As.4ClH/h;4*1H. The van der Waals surface area contributed by atoms with Gasteiger partial charge in [-0.1, -0.05) is 0 Å². The van der Waals surface area contributed by atoms with Crippen molar-refractivity contribution in [3.05, 3.63) is 0 Å². The second-order valence-electron chi connectivity index (χ2n) is 0. The van der Waals surface area contributed by atoms with Gasteiger partial charge in [0.05, 0.1) is 0 Å². The first kappa shape index (κ1) is 74.4. The van der Waals surface area contributed by atoms with Crippen molar-refractivity contribution in [2.75, 3.05) is 0 Å². The molecule has 5 heteroatoms. The SMILES string of the molecule is Cl.Cl.Cl.Cl.[As]. The molecule has 0 bridgehead atoms. The van der Waals surface area contributed by atoms with Gasteiger partial charge in [-0.25, -0.2) is 0 Å². The van der Waals surface area contributed by atoms with Crippen LogP contribution in [-0.2, 0) is 0 Å². The van der Waals surface area contributed by atoms with E-state index in [2.05, 4.69) is 0 Å². The van der Waals surface area contributed by atoms with Crippen LogP contribution >= 0.6 is 49.6 Å². The summed E-state index contributed by atoms with van der Waals surface area (Å²) in [5.41, 5.74) is 0. The van der Waals surface area contributed by atoms with Crippen LogP contribution in [0.3, 0.4) is 0 Å². The first-order chi connectivity index (χ1) is 0. The van der Waals surface area contributed by atoms with Gasteiger partial charge in [-0.05, 0) is 0 Å². The largest absolute Gasteiger partial charge is 0.147 e. The zero-order valence-electron chi connectivity index (χ0n) is 2.08. The number of hydrogen-bond donors (Lipinski definition) is 0. The normalized spacial score (nSPS) is 0. The molecule has 0 aromatic carbocycles. The van der Waals surface area contributed by atoms with Gasteiger partial charge in [0.1, 0.15) is 0 Å². The minimum absolute atomic E-state index is 0. The molecule has 0 aromatic rings. The Labute approximate surface area is 67.4 Å².